The van der Waals surface area contributed by atoms with Crippen LogP contribution in [-0.4, -0.2) is 17.9 Å². The monoisotopic (exact) mass is 447 g/mol. The van der Waals surface area contributed by atoms with Crippen molar-refractivity contribution >= 4 is 34.8 Å². The van der Waals surface area contributed by atoms with Gasteiger partial charge in [-0.15, -0.1) is 11.8 Å². The lowest BCUT2D eigenvalue weighted by Crippen LogP contribution is -2.31. The lowest BCUT2D eigenvalue weighted by molar-refractivity contribution is -0.119. The number of carbonyl (C=O) groups excluding carboxylic acids is 2. The number of hydrogen-bond donors (Lipinski definition) is 0. The second-order valence-electron chi connectivity index (χ2n) is 8.05. The van der Waals surface area contributed by atoms with Crippen molar-refractivity contribution in [3.63, 3.8) is 0 Å². The van der Waals surface area contributed by atoms with Crippen molar-refractivity contribution in [1.82, 2.24) is 0 Å². The number of thioether (sulfide) groups is 1. The first-order chi connectivity index (χ1) is 15.3. The number of imide groups is 1. The van der Waals surface area contributed by atoms with Gasteiger partial charge in [0, 0.05) is 0 Å². The highest BCUT2D eigenvalue weighted by atomic mass is 32.2. The van der Waals surface area contributed by atoms with Gasteiger partial charge in [-0.05, 0) is 80.8 Å². The first kappa shape index (κ1) is 22.0. The van der Waals surface area contributed by atoms with Gasteiger partial charge in [-0.25, -0.2) is 4.90 Å². The number of amides is 2. The van der Waals surface area contributed by atoms with Gasteiger partial charge >= 0.3 is 0 Å². The van der Waals surface area contributed by atoms with Crippen LogP contribution in [0, 0.1) is 13.8 Å². The summed E-state index contributed by atoms with van der Waals surface area (Å²) in [5, 5.41) is 0. The van der Waals surface area contributed by atoms with Gasteiger partial charge in [0.15, 0.2) is 0 Å². The second kappa shape index (κ2) is 9.09. The molecule has 0 spiro atoms. The average molecular weight is 448 g/mol. The standard InChI is InChI=1S/C26H25NO4S/c1-16(2)31-21-9-7-19(8-10-21)23-24(32-15-22-6-5-11-30-22)26(29)27(25(23)28)20-13-17(3)12-18(4)14-20/h5-14,16H,15H2,1-4H3. The van der Waals surface area contributed by atoms with Gasteiger partial charge in [0.2, 0.25) is 0 Å². The zero-order chi connectivity index (χ0) is 22.8. The maximum absolute atomic E-state index is 13.6. The van der Waals surface area contributed by atoms with Crippen LogP contribution in [0.4, 0.5) is 5.69 Å². The van der Waals surface area contributed by atoms with Crippen LogP contribution in [0.15, 0.2) is 70.2 Å². The third-order valence-corrected chi connectivity index (χ3v) is 6.06. The molecule has 5 nitrogen and oxygen atoms in total. The molecule has 0 atom stereocenters. The van der Waals surface area contributed by atoms with E-state index < -0.39 is 0 Å². The molecule has 1 aromatic heterocycles. The Morgan fingerprint density at radius 3 is 2.25 bits per heavy atom. The SMILES string of the molecule is Cc1cc(C)cc(N2C(=O)C(SCc3ccco3)=C(c3ccc(OC(C)C)cc3)C2=O)c1. The quantitative estimate of drug-likeness (QED) is 0.422. The minimum atomic E-state index is -0.320. The number of rotatable bonds is 7. The largest absolute Gasteiger partial charge is 0.491 e. The molecule has 2 aromatic carbocycles. The van der Waals surface area contributed by atoms with Crippen molar-refractivity contribution in [3.05, 3.63) is 88.2 Å². The van der Waals surface area contributed by atoms with Gasteiger partial charge in [0.1, 0.15) is 11.5 Å². The van der Waals surface area contributed by atoms with E-state index in [1.807, 2.05) is 82.3 Å². The van der Waals surface area contributed by atoms with E-state index in [1.165, 1.54) is 16.7 Å². The Kier molecular flexibility index (Phi) is 6.24. The van der Waals surface area contributed by atoms with Crippen molar-refractivity contribution < 1.29 is 18.7 Å². The number of aryl methyl sites for hydroxylation is 2. The molecule has 0 saturated carbocycles. The first-order valence-corrected chi connectivity index (χ1v) is 11.5. The molecule has 1 aliphatic heterocycles. The Morgan fingerprint density at radius 1 is 0.969 bits per heavy atom. The normalized spacial score (nSPS) is 14.1. The zero-order valence-corrected chi connectivity index (χ0v) is 19.4. The minimum Gasteiger partial charge on any atom is -0.491 e. The minimum absolute atomic E-state index is 0.0502. The highest BCUT2D eigenvalue weighted by molar-refractivity contribution is 8.03. The number of ether oxygens (including phenoxy) is 1. The smallest absolute Gasteiger partial charge is 0.272 e. The van der Waals surface area contributed by atoms with Crippen LogP contribution in [0.2, 0.25) is 0 Å². The molecule has 0 bridgehead atoms. The molecule has 2 amide bonds. The fraction of sp³-hybridized carbons (Fsp3) is 0.231. The van der Waals surface area contributed by atoms with Crippen molar-refractivity contribution in [1.29, 1.82) is 0 Å². The third kappa shape index (κ3) is 4.50. The van der Waals surface area contributed by atoms with Crippen LogP contribution in [0.3, 0.4) is 0 Å². The molecule has 32 heavy (non-hydrogen) atoms. The summed E-state index contributed by atoms with van der Waals surface area (Å²) in [6.45, 7) is 7.83. The molecule has 0 unspecified atom stereocenters. The van der Waals surface area contributed by atoms with Crippen molar-refractivity contribution in [2.24, 2.45) is 0 Å². The van der Waals surface area contributed by atoms with Gasteiger partial charge in [-0.1, -0.05) is 18.2 Å². The zero-order valence-electron chi connectivity index (χ0n) is 18.5. The van der Waals surface area contributed by atoms with E-state index in [1.54, 1.807) is 6.26 Å². The van der Waals surface area contributed by atoms with E-state index in [2.05, 4.69) is 0 Å². The van der Waals surface area contributed by atoms with E-state index >= 15 is 0 Å². The molecule has 2 heterocycles. The Hall–Kier alpha value is -3.25. The number of carbonyl (C=O) groups is 2. The Labute approximate surface area is 192 Å². The summed E-state index contributed by atoms with van der Waals surface area (Å²) in [5.74, 6) is 1.29. The summed E-state index contributed by atoms with van der Waals surface area (Å²) in [5.41, 5.74) is 3.67. The topological polar surface area (TPSA) is 59.8 Å². The number of hydrogen-bond acceptors (Lipinski definition) is 5. The Morgan fingerprint density at radius 2 is 1.66 bits per heavy atom. The predicted molar refractivity (Wildman–Crippen MR) is 128 cm³/mol. The van der Waals surface area contributed by atoms with Crippen molar-refractivity contribution in [2.75, 3.05) is 4.90 Å². The molecular weight excluding hydrogens is 422 g/mol. The summed E-state index contributed by atoms with van der Waals surface area (Å²) >= 11 is 1.32. The average Bonchev–Trinajstić information content (AvgIpc) is 3.32. The van der Waals surface area contributed by atoms with Crippen molar-refractivity contribution in [2.45, 2.75) is 39.6 Å². The molecule has 0 fully saturated rings. The highest BCUT2D eigenvalue weighted by Crippen LogP contribution is 2.40. The van der Waals surface area contributed by atoms with Crippen LogP contribution in [0.1, 0.15) is 36.3 Å². The van der Waals surface area contributed by atoms with Crippen LogP contribution >= 0.6 is 11.8 Å². The summed E-state index contributed by atoms with van der Waals surface area (Å²) in [6, 6.07) is 16.7. The fourth-order valence-electron chi connectivity index (χ4n) is 3.72. The molecule has 3 aromatic rings. The highest BCUT2D eigenvalue weighted by Gasteiger charge is 2.40. The van der Waals surface area contributed by atoms with Crippen LogP contribution in [0.5, 0.6) is 5.75 Å². The molecule has 164 valence electrons. The molecule has 4 rings (SSSR count). The Balaban J connectivity index is 1.73. The summed E-state index contributed by atoms with van der Waals surface area (Å²) < 4.78 is 11.1. The fourth-order valence-corrected chi connectivity index (χ4v) is 4.74. The molecule has 0 aliphatic carbocycles. The van der Waals surface area contributed by atoms with Crippen LogP contribution in [0.25, 0.3) is 5.57 Å². The van der Waals surface area contributed by atoms with E-state index in [-0.39, 0.29) is 17.9 Å². The first-order valence-electron chi connectivity index (χ1n) is 10.5. The maximum atomic E-state index is 13.6. The molecule has 0 saturated heterocycles. The molecule has 6 heteroatoms. The summed E-state index contributed by atoms with van der Waals surface area (Å²) in [7, 11) is 0. The summed E-state index contributed by atoms with van der Waals surface area (Å²) in [6.07, 6.45) is 1.65. The summed E-state index contributed by atoms with van der Waals surface area (Å²) in [4.78, 5) is 28.7. The number of anilines is 1. The molecule has 0 radical (unpaired) electrons. The van der Waals surface area contributed by atoms with E-state index in [9.17, 15) is 9.59 Å². The van der Waals surface area contributed by atoms with Gasteiger partial charge < -0.3 is 9.15 Å². The second-order valence-corrected chi connectivity index (χ2v) is 9.04. The van der Waals surface area contributed by atoms with E-state index in [0.717, 1.165) is 22.6 Å². The molecular formula is C26H25NO4S. The van der Waals surface area contributed by atoms with Crippen molar-refractivity contribution in [3.8, 4) is 5.75 Å². The predicted octanol–water partition coefficient (Wildman–Crippen LogP) is 5.90. The lowest BCUT2D eigenvalue weighted by atomic mass is 10.1. The Bertz CT molecular complexity index is 1160. The molecule has 0 N–H and O–H groups in total. The van der Waals surface area contributed by atoms with Gasteiger partial charge in [0.25, 0.3) is 11.8 Å². The van der Waals surface area contributed by atoms with E-state index in [4.69, 9.17) is 9.15 Å². The third-order valence-electron chi connectivity index (χ3n) is 4.96. The van der Waals surface area contributed by atoms with Crippen LogP contribution < -0.4 is 9.64 Å². The van der Waals surface area contributed by atoms with Gasteiger partial charge in [0.05, 0.1) is 34.3 Å². The number of furan rings is 1. The lowest BCUT2D eigenvalue weighted by Gasteiger charge is -2.17. The van der Waals surface area contributed by atoms with Gasteiger partial charge in [-0.2, -0.15) is 0 Å². The van der Waals surface area contributed by atoms with E-state index in [0.29, 0.717) is 27.5 Å². The number of benzene rings is 2. The number of nitrogens with zero attached hydrogens (tertiary/aromatic N) is 1. The van der Waals surface area contributed by atoms with Gasteiger partial charge in [-0.3, -0.25) is 9.59 Å². The van der Waals surface area contributed by atoms with Crippen LogP contribution in [-0.2, 0) is 15.3 Å². The maximum Gasteiger partial charge on any atom is 0.272 e. The molecule has 1 aliphatic rings.